The van der Waals surface area contributed by atoms with E-state index >= 15 is 0 Å². The number of benzene rings is 2. The molecule has 4 nitrogen and oxygen atoms in total. The van der Waals surface area contributed by atoms with Gasteiger partial charge in [0.15, 0.2) is 0 Å². The van der Waals surface area contributed by atoms with E-state index in [2.05, 4.69) is 22.1 Å². The Kier molecular flexibility index (Phi) is 5.54. The van der Waals surface area contributed by atoms with E-state index in [0.717, 1.165) is 48.0 Å². The summed E-state index contributed by atoms with van der Waals surface area (Å²) >= 11 is 0. The molecule has 1 fully saturated rings. The molecule has 1 aliphatic heterocycles. The Labute approximate surface area is 173 Å². The van der Waals surface area contributed by atoms with E-state index in [1.165, 1.54) is 12.1 Å². The van der Waals surface area contributed by atoms with Crippen LogP contribution >= 0.6 is 0 Å². The van der Waals surface area contributed by atoms with Crippen molar-refractivity contribution in [1.82, 2.24) is 15.1 Å². The number of ether oxygens (including phenoxy) is 1. The monoisotopic (exact) mass is 387 g/mol. The molecule has 1 N–H and O–H groups in total. The van der Waals surface area contributed by atoms with Gasteiger partial charge < -0.3 is 9.64 Å². The molecule has 3 aromatic rings. The standard InChI is InChI=1S/C22H24B2FN3O/c1-14(18-11-16(23)12-19-20(18)26-27-21(19)24)29-13-22(7-9-28(2)10-8-22)15-3-5-17(25)6-4-15/h3-6,11-12,14H,7-10,13H2,1-2H3,(H,26,27)/t14-/m1/s1. The molecule has 4 rings (SSSR count). The minimum absolute atomic E-state index is 0.140. The predicted octanol–water partition coefficient (Wildman–Crippen LogP) is 2.03. The zero-order valence-electron chi connectivity index (χ0n) is 16.9. The number of rotatable bonds is 5. The first kappa shape index (κ1) is 20.2. The molecule has 0 saturated carbocycles. The largest absolute Gasteiger partial charge is 0.373 e. The van der Waals surface area contributed by atoms with Crippen LogP contribution in [-0.4, -0.2) is 57.5 Å². The van der Waals surface area contributed by atoms with Crippen LogP contribution in [0.5, 0.6) is 0 Å². The Morgan fingerprint density at radius 3 is 2.59 bits per heavy atom. The number of aromatic nitrogens is 2. The molecule has 1 saturated heterocycles. The van der Waals surface area contributed by atoms with E-state index in [1.807, 2.05) is 31.2 Å². The second kappa shape index (κ2) is 7.96. The molecular formula is C22H24B2FN3O. The second-order valence-corrected chi connectivity index (χ2v) is 8.19. The molecule has 7 heteroatoms. The molecule has 29 heavy (non-hydrogen) atoms. The smallest absolute Gasteiger partial charge is 0.141 e. The minimum atomic E-state index is -0.218. The number of fused-ring (bicyclic) bond motifs is 1. The minimum Gasteiger partial charge on any atom is -0.373 e. The third-order valence-corrected chi connectivity index (χ3v) is 6.19. The zero-order chi connectivity index (χ0) is 20.6. The first-order valence-corrected chi connectivity index (χ1v) is 9.97. The molecule has 0 unspecified atom stereocenters. The maximum Gasteiger partial charge on any atom is 0.141 e. The number of halogens is 1. The number of nitrogens with zero attached hydrogens (tertiary/aromatic N) is 2. The average molecular weight is 387 g/mol. The SMILES string of the molecule is [B]c1cc([C@@H](C)OCC2(c3ccc(F)cc3)CCN(C)CC2)c2n[nH]c([B])c2c1. The number of aromatic amines is 1. The number of hydrogen-bond acceptors (Lipinski definition) is 3. The molecule has 1 atom stereocenters. The number of hydrogen-bond donors (Lipinski definition) is 1. The summed E-state index contributed by atoms with van der Waals surface area (Å²) in [4.78, 5) is 2.32. The molecule has 0 bridgehead atoms. The average Bonchev–Trinajstić information content (AvgIpc) is 3.08. The van der Waals surface area contributed by atoms with Crippen molar-refractivity contribution < 1.29 is 9.13 Å². The van der Waals surface area contributed by atoms with Crippen molar-refractivity contribution in [2.45, 2.75) is 31.3 Å². The molecule has 1 aliphatic rings. The quantitative estimate of drug-likeness (QED) is 0.682. The Morgan fingerprint density at radius 1 is 1.21 bits per heavy atom. The highest BCUT2D eigenvalue weighted by Crippen LogP contribution is 2.37. The zero-order valence-corrected chi connectivity index (χ0v) is 16.9. The fourth-order valence-electron chi connectivity index (χ4n) is 4.24. The highest BCUT2D eigenvalue weighted by molar-refractivity contribution is 6.39. The molecule has 4 radical (unpaired) electrons. The summed E-state index contributed by atoms with van der Waals surface area (Å²) in [5.41, 5.74) is 3.81. The lowest BCUT2D eigenvalue weighted by atomic mass is 9.73. The fourth-order valence-corrected chi connectivity index (χ4v) is 4.24. The number of piperidine rings is 1. The van der Waals surface area contributed by atoms with Crippen LogP contribution in [0.3, 0.4) is 0 Å². The van der Waals surface area contributed by atoms with Crippen molar-refractivity contribution in [3.8, 4) is 0 Å². The van der Waals surface area contributed by atoms with Crippen LogP contribution in [0.1, 0.15) is 37.0 Å². The van der Waals surface area contributed by atoms with Gasteiger partial charge in [-0.3, -0.25) is 5.10 Å². The fraction of sp³-hybridized carbons (Fsp3) is 0.409. The topological polar surface area (TPSA) is 41.1 Å². The van der Waals surface area contributed by atoms with Crippen molar-refractivity contribution >= 4 is 37.7 Å². The molecule has 1 aromatic heterocycles. The molecule has 0 spiro atoms. The summed E-state index contributed by atoms with van der Waals surface area (Å²) in [5.74, 6) is -0.218. The van der Waals surface area contributed by atoms with Crippen LogP contribution in [-0.2, 0) is 10.2 Å². The van der Waals surface area contributed by atoms with Gasteiger partial charge in [-0.25, -0.2) is 4.39 Å². The first-order chi connectivity index (χ1) is 13.9. The maximum absolute atomic E-state index is 13.5. The summed E-state index contributed by atoms with van der Waals surface area (Å²) in [5, 5.41) is 7.97. The van der Waals surface area contributed by atoms with Crippen LogP contribution < -0.4 is 11.1 Å². The third-order valence-electron chi connectivity index (χ3n) is 6.19. The van der Waals surface area contributed by atoms with Crippen LogP contribution in [0, 0.1) is 5.82 Å². The van der Waals surface area contributed by atoms with Gasteiger partial charge in [0.05, 0.1) is 18.2 Å². The molecule has 146 valence electrons. The molecular weight excluding hydrogens is 363 g/mol. The van der Waals surface area contributed by atoms with Gasteiger partial charge >= 0.3 is 0 Å². The summed E-state index contributed by atoms with van der Waals surface area (Å²) in [7, 11) is 14.2. The van der Waals surface area contributed by atoms with Crippen LogP contribution in [0.2, 0.25) is 0 Å². The normalized spacial score (nSPS) is 18.2. The summed E-state index contributed by atoms with van der Waals surface area (Å²) in [6, 6.07) is 10.6. The Hall–Kier alpha value is -2.11. The van der Waals surface area contributed by atoms with Gasteiger partial charge in [-0.15, -0.1) is 0 Å². The molecule has 2 aromatic carbocycles. The first-order valence-electron chi connectivity index (χ1n) is 9.97. The lowest BCUT2D eigenvalue weighted by Crippen LogP contribution is -2.44. The van der Waals surface area contributed by atoms with Crippen LogP contribution in [0.15, 0.2) is 36.4 Å². The highest BCUT2D eigenvalue weighted by Gasteiger charge is 2.36. The Balaban J connectivity index is 1.60. The second-order valence-electron chi connectivity index (χ2n) is 8.19. The molecule has 2 heterocycles. The maximum atomic E-state index is 13.5. The van der Waals surface area contributed by atoms with Gasteiger partial charge in [0.2, 0.25) is 0 Å². The van der Waals surface area contributed by atoms with Crippen molar-refractivity contribution in [2.75, 3.05) is 26.7 Å². The lowest BCUT2D eigenvalue weighted by molar-refractivity contribution is 0.00699. The van der Waals surface area contributed by atoms with Gasteiger partial charge in [0.25, 0.3) is 0 Å². The van der Waals surface area contributed by atoms with Crippen LogP contribution in [0.25, 0.3) is 10.9 Å². The Bertz CT molecular complexity index is 997. The number of H-pyrrole nitrogens is 1. The Morgan fingerprint density at radius 2 is 1.90 bits per heavy atom. The molecule has 0 aliphatic carbocycles. The van der Waals surface area contributed by atoms with Crippen molar-refractivity contribution in [2.24, 2.45) is 0 Å². The van der Waals surface area contributed by atoms with E-state index in [1.54, 1.807) is 0 Å². The van der Waals surface area contributed by atoms with Crippen molar-refractivity contribution in [3.63, 3.8) is 0 Å². The lowest BCUT2D eigenvalue weighted by Gasteiger charge is -2.41. The summed E-state index contributed by atoms with van der Waals surface area (Å²) in [6.07, 6.45) is 1.72. The van der Waals surface area contributed by atoms with Gasteiger partial charge in [0, 0.05) is 16.4 Å². The van der Waals surface area contributed by atoms with Gasteiger partial charge in [0.1, 0.15) is 21.5 Å². The van der Waals surface area contributed by atoms with Gasteiger partial charge in [-0.2, -0.15) is 5.10 Å². The van der Waals surface area contributed by atoms with E-state index in [-0.39, 0.29) is 17.3 Å². The predicted molar refractivity (Wildman–Crippen MR) is 116 cm³/mol. The summed E-state index contributed by atoms with van der Waals surface area (Å²) < 4.78 is 19.9. The van der Waals surface area contributed by atoms with E-state index in [4.69, 9.17) is 20.4 Å². The van der Waals surface area contributed by atoms with E-state index < -0.39 is 0 Å². The van der Waals surface area contributed by atoms with Crippen molar-refractivity contribution in [3.05, 3.63) is 53.3 Å². The van der Waals surface area contributed by atoms with Gasteiger partial charge in [-0.1, -0.05) is 29.7 Å². The van der Waals surface area contributed by atoms with E-state index in [9.17, 15) is 4.39 Å². The van der Waals surface area contributed by atoms with Crippen molar-refractivity contribution in [1.29, 1.82) is 0 Å². The molecule has 0 amide bonds. The highest BCUT2D eigenvalue weighted by atomic mass is 19.1. The third kappa shape index (κ3) is 3.99. The number of nitrogens with one attached hydrogen (secondary N) is 1. The summed E-state index contributed by atoms with van der Waals surface area (Å²) in [6.45, 7) is 4.51. The van der Waals surface area contributed by atoms with Crippen LogP contribution in [0.4, 0.5) is 4.39 Å². The van der Waals surface area contributed by atoms with E-state index in [0.29, 0.717) is 17.7 Å². The van der Waals surface area contributed by atoms with Gasteiger partial charge in [-0.05, 0) is 63.2 Å². The number of likely N-dealkylation sites (tertiary alicyclic amines) is 1.